The fourth-order valence-electron chi connectivity index (χ4n) is 1.89. The first-order valence-corrected chi connectivity index (χ1v) is 4.88. The van der Waals surface area contributed by atoms with E-state index in [0.29, 0.717) is 24.4 Å². The van der Waals surface area contributed by atoms with E-state index in [9.17, 15) is 4.79 Å². The van der Waals surface area contributed by atoms with Gasteiger partial charge in [-0.2, -0.15) is 0 Å². The molecule has 0 spiro atoms. The largest absolute Gasteiger partial charge is 0.298 e. The lowest BCUT2D eigenvalue weighted by Crippen LogP contribution is -2.40. The third-order valence-corrected chi connectivity index (χ3v) is 2.67. The minimum atomic E-state index is 0.410. The number of hydrogen-bond donors (Lipinski definition) is 0. The molecule has 0 aromatic carbocycles. The summed E-state index contributed by atoms with van der Waals surface area (Å²) in [6.07, 6.45) is 3.03. The molecule has 1 rings (SSSR count). The van der Waals surface area contributed by atoms with E-state index in [1.54, 1.807) is 0 Å². The number of ketones is 1. The maximum Gasteiger partial charge on any atom is 0.146 e. The molecule has 0 aliphatic carbocycles. The zero-order valence-corrected chi connectivity index (χ0v) is 8.34. The lowest BCUT2D eigenvalue weighted by atomic mass is 10.1. The van der Waals surface area contributed by atoms with Gasteiger partial charge in [0.1, 0.15) is 5.78 Å². The molecule has 1 fully saturated rings. The molecule has 12 heavy (non-hydrogen) atoms. The second-order valence-electron chi connectivity index (χ2n) is 4.05. The molecule has 2 nitrogen and oxygen atoms in total. The summed E-state index contributed by atoms with van der Waals surface area (Å²) in [5.74, 6) is 0.410. The molecule has 0 bridgehead atoms. The summed E-state index contributed by atoms with van der Waals surface area (Å²) in [5, 5.41) is 0. The van der Waals surface area contributed by atoms with Crippen LogP contribution in [0.25, 0.3) is 0 Å². The van der Waals surface area contributed by atoms with Gasteiger partial charge in [-0.15, -0.1) is 0 Å². The van der Waals surface area contributed by atoms with Crippen molar-refractivity contribution in [2.45, 2.75) is 52.1 Å². The standard InChI is InChI=1S/C10H19NO/c1-8(2)11-7-10(12)6-4-5-9(11)3/h8-9H,4-7H2,1-3H3. The first kappa shape index (κ1) is 9.72. The number of nitrogens with zero attached hydrogens (tertiary/aromatic N) is 1. The van der Waals surface area contributed by atoms with Gasteiger partial charge in [0, 0.05) is 18.5 Å². The lowest BCUT2D eigenvalue weighted by molar-refractivity contribution is -0.120. The van der Waals surface area contributed by atoms with Gasteiger partial charge in [-0.1, -0.05) is 0 Å². The van der Waals surface area contributed by atoms with Crippen LogP contribution in [0.4, 0.5) is 0 Å². The molecule has 1 atom stereocenters. The van der Waals surface area contributed by atoms with Crippen LogP contribution in [0.2, 0.25) is 0 Å². The number of carbonyl (C=O) groups is 1. The molecule has 1 aliphatic rings. The van der Waals surface area contributed by atoms with Crippen molar-refractivity contribution in [2.24, 2.45) is 0 Å². The quantitative estimate of drug-likeness (QED) is 0.597. The van der Waals surface area contributed by atoms with Gasteiger partial charge >= 0.3 is 0 Å². The SMILES string of the molecule is CC(C)N1CC(=O)CCCC1C. The second-order valence-corrected chi connectivity index (χ2v) is 4.05. The van der Waals surface area contributed by atoms with Gasteiger partial charge in [-0.25, -0.2) is 0 Å². The molecular formula is C10H19NO. The van der Waals surface area contributed by atoms with Crippen molar-refractivity contribution in [3.8, 4) is 0 Å². The molecule has 1 aliphatic heterocycles. The number of rotatable bonds is 1. The van der Waals surface area contributed by atoms with Crippen LogP contribution < -0.4 is 0 Å². The molecule has 0 N–H and O–H groups in total. The minimum absolute atomic E-state index is 0.410. The number of hydrogen-bond acceptors (Lipinski definition) is 2. The number of carbonyl (C=O) groups excluding carboxylic acids is 1. The minimum Gasteiger partial charge on any atom is -0.298 e. The number of likely N-dealkylation sites (tertiary alicyclic amines) is 1. The Labute approximate surface area is 74.9 Å². The summed E-state index contributed by atoms with van der Waals surface area (Å²) in [7, 11) is 0. The zero-order valence-electron chi connectivity index (χ0n) is 8.34. The van der Waals surface area contributed by atoms with Crippen LogP contribution in [-0.2, 0) is 4.79 Å². The molecule has 0 amide bonds. The Morgan fingerprint density at radius 2 is 2.17 bits per heavy atom. The highest BCUT2D eigenvalue weighted by molar-refractivity contribution is 5.80. The average Bonchev–Trinajstić information content (AvgIpc) is 2.13. The molecule has 0 aromatic rings. The Bertz CT molecular complexity index is 165. The van der Waals surface area contributed by atoms with E-state index >= 15 is 0 Å². The third kappa shape index (κ3) is 2.31. The van der Waals surface area contributed by atoms with E-state index in [0.717, 1.165) is 12.8 Å². The molecule has 70 valence electrons. The van der Waals surface area contributed by atoms with Crippen LogP contribution in [-0.4, -0.2) is 29.3 Å². The Morgan fingerprint density at radius 3 is 2.75 bits per heavy atom. The van der Waals surface area contributed by atoms with Gasteiger partial charge in [0.05, 0.1) is 6.54 Å². The monoisotopic (exact) mass is 169 g/mol. The van der Waals surface area contributed by atoms with Gasteiger partial charge in [0.2, 0.25) is 0 Å². The topological polar surface area (TPSA) is 20.3 Å². The Kier molecular flexibility index (Phi) is 3.27. The Morgan fingerprint density at radius 1 is 1.50 bits per heavy atom. The van der Waals surface area contributed by atoms with Crippen molar-refractivity contribution in [2.75, 3.05) is 6.54 Å². The van der Waals surface area contributed by atoms with E-state index in [-0.39, 0.29) is 0 Å². The van der Waals surface area contributed by atoms with Crippen molar-refractivity contribution in [1.29, 1.82) is 0 Å². The highest BCUT2D eigenvalue weighted by atomic mass is 16.1. The second kappa shape index (κ2) is 4.04. The van der Waals surface area contributed by atoms with Crippen LogP contribution in [0.15, 0.2) is 0 Å². The maximum atomic E-state index is 11.3. The van der Waals surface area contributed by atoms with Crippen molar-refractivity contribution in [1.82, 2.24) is 4.90 Å². The first-order chi connectivity index (χ1) is 5.61. The Hall–Kier alpha value is -0.370. The zero-order chi connectivity index (χ0) is 9.14. The highest BCUT2D eigenvalue weighted by Crippen LogP contribution is 2.16. The van der Waals surface area contributed by atoms with E-state index in [4.69, 9.17) is 0 Å². The van der Waals surface area contributed by atoms with E-state index in [1.165, 1.54) is 6.42 Å². The van der Waals surface area contributed by atoms with Crippen molar-refractivity contribution in [3.63, 3.8) is 0 Å². The first-order valence-electron chi connectivity index (χ1n) is 4.88. The van der Waals surface area contributed by atoms with Crippen LogP contribution in [0, 0.1) is 0 Å². The van der Waals surface area contributed by atoms with Gasteiger partial charge in [0.25, 0.3) is 0 Å². The predicted molar refractivity (Wildman–Crippen MR) is 50.2 cm³/mol. The van der Waals surface area contributed by atoms with Gasteiger partial charge in [-0.3, -0.25) is 9.69 Å². The Balaban J connectivity index is 2.60. The van der Waals surface area contributed by atoms with Gasteiger partial charge < -0.3 is 0 Å². The van der Waals surface area contributed by atoms with Crippen LogP contribution in [0.5, 0.6) is 0 Å². The number of Topliss-reactive ketones (excluding diaryl/α,β-unsaturated/α-hetero) is 1. The summed E-state index contributed by atoms with van der Waals surface area (Å²) in [5.41, 5.74) is 0. The molecule has 2 heteroatoms. The predicted octanol–water partition coefficient (Wildman–Crippen LogP) is 1.84. The van der Waals surface area contributed by atoms with E-state index in [2.05, 4.69) is 25.7 Å². The summed E-state index contributed by atoms with van der Waals surface area (Å²) >= 11 is 0. The molecular weight excluding hydrogens is 150 g/mol. The maximum absolute atomic E-state index is 11.3. The van der Waals surface area contributed by atoms with E-state index in [1.807, 2.05) is 0 Å². The van der Waals surface area contributed by atoms with Crippen LogP contribution >= 0.6 is 0 Å². The van der Waals surface area contributed by atoms with Crippen molar-refractivity contribution < 1.29 is 4.79 Å². The summed E-state index contributed by atoms with van der Waals surface area (Å²) in [6.45, 7) is 7.21. The normalized spacial score (nSPS) is 27.7. The fraction of sp³-hybridized carbons (Fsp3) is 0.900. The molecule has 0 radical (unpaired) electrons. The molecule has 1 heterocycles. The fourth-order valence-corrected chi connectivity index (χ4v) is 1.89. The average molecular weight is 169 g/mol. The summed E-state index contributed by atoms with van der Waals surface area (Å²) < 4.78 is 0. The van der Waals surface area contributed by atoms with Gasteiger partial charge in [-0.05, 0) is 33.6 Å². The molecule has 0 saturated carbocycles. The van der Waals surface area contributed by atoms with Gasteiger partial charge in [0.15, 0.2) is 0 Å². The van der Waals surface area contributed by atoms with E-state index < -0.39 is 0 Å². The lowest BCUT2D eigenvalue weighted by Gasteiger charge is -2.29. The third-order valence-electron chi connectivity index (χ3n) is 2.67. The van der Waals surface area contributed by atoms with Crippen molar-refractivity contribution in [3.05, 3.63) is 0 Å². The summed E-state index contributed by atoms with van der Waals surface area (Å²) in [6, 6.07) is 1.08. The molecule has 0 aromatic heterocycles. The highest BCUT2D eigenvalue weighted by Gasteiger charge is 2.22. The van der Waals surface area contributed by atoms with Crippen LogP contribution in [0.3, 0.4) is 0 Å². The molecule has 1 unspecified atom stereocenters. The molecule has 1 saturated heterocycles. The smallest absolute Gasteiger partial charge is 0.146 e. The summed E-state index contributed by atoms with van der Waals surface area (Å²) in [4.78, 5) is 13.6. The van der Waals surface area contributed by atoms with Crippen molar-refractivity contribution >= 4 is 5.78 Å². The van der Waals surface area contributed by atoms with Crippen LogP contribution in [0.1, 0.15) is 40.0 Å².